The van der Waals surface area contributed by atoms with Gasteiger partial charge in [-0.3, -0.25) is 0 Å². The van der Waals surface area contributed by atoms with E-state index in [2.05, 4.69) is 6.92 Å². The monoisotopic (exact) mass is 490 g/mol. The van der Waals surface area contributed by atoms with Crippen LogP contribution in [0.5, 0.6) is 0 Å². The van der Waals surface area contributed by atoms with Gasteiger partial charge >= 0.3 is 0 Å². The van der Waals surface area contributed by atoms with Crippen LogP contribution in [0, 0.1) is 17.3 Å². The van der Waals surface area contributed by atoms with Gasteiger partial charge in [-0.05, 0) is 22.6 Å². The number of ether oxygens (including phenoxy) is 3. The highest BCUT2D eigenvalue weighted by Crippen LogP contribution is 2.47. The quantitative estimate of drug-likeness (QED) is 0.374. The minimum absolute atomic E-state index is 0.111. The molecule has 0 radical (unpaired) electrons. The molecule has 36 heavy (non-hydrogen) atoms. The Balaban J connectivity index is 1.52. The van der Waals surface area contributed by atoms with E-state index in [-0.39, 0.29) is 24.5 Å². The molecule has 5 atom stereocenters. The van der Waals surface area contributed by atoms with Crippen LogP contribution in [0.3, 0.4) is 0 Å². The Bertz CT molecular complexity index is 1010. The molecule has 1 aliphatic rings. The molecular weight excluding hydrogens is 452 g/mol. The zero-order valence-electron chi connectivity index (χ0n) is 21.0. The number of hydrogen-bond donors (Lipinski definition) is 2. The summed E-state index contributed by atoms with van der Waals surface area (Å²) in [4.78, 5) is 0. The number of aliphatic hydroxyl groups is 2. The Morgan fingerprint density at radius 2 is 1.25 bits per heavy atom. The average molecular weight is 491 g/mol. The molecule has 0 saturated heterocycles. The van der Waals surface area contributed by atoms with Gasteiger partial charge in [0.25, 0.3) is 0 Å². The van der Waals surface area contributed by atoms with E-state index >= 15 is 0 Å². The van der Waals surface area contributed by atoms with Crippen molar-refractivity contribution in [1.29, 1.82) is 0 Å². The van der Waals surface area contributed by atoms with Gasteiger partial charge in [0.05, 0.1) is 45.2 Å². The minimum atomic E-state index is -0.678. The van der Waals surface area contributed by atoms with E-state index < -0.39 is 11.5 Å². The largest absolute Gasteiger partial charge is 0.396 e. The lowest BCUT2D eigenvalue weighted by Gasteiger charge is -2.52. The van der Waals surface area contributed by atoms with Crippen molar-refractivity contribution < 1.29 is 24.4 Å². The fraction of sp³-hybridized carbons (Fsp3) is 0.419. The van der Waals surface area contributed by atoms with E-state index in [1.807, 2.05) is 91.0 Å². The number of aliphatic hydroxyl groups excluding tert-OH is 2. The molecule has 1 saturated carbocycles. The molecule has 2 N–H and O–H groups in total. The third-order valence-corrected chi connectivity index (χ3v) is 7.49. The highest BCUT2D eigenvalue weighted by molar-refractivity contribution is 5.15. The fourth-order valence-electron chi connectivity index (χ4n) is 5.29. The topological polar surface area (TPSA) is 68.2 Å². The van der Waals surface area contributed by atoms with Crippen molar-refractivity contribution in [3.63, 3.8) is 0 Å². The summed E-state index contributed by atoms with van der Waals surface area (Å²) in [5, 5.41) is 21.3. The molecule has 0 amide bonds. The van der Waals surface area contributed by atoms with Crippen molar-refractivity contribution in [3.8, 4) is 0 Å². The molecule has 4 rings (SSSR count). The van der Waals surface area contributed by atoms with Crippen molar-refractivity contribution >= 4 is 0 Å². The van der Waals surface area contributed by atoms with Gasteiger partial charge in [0, 0.05) is 24.4 Å². The maximum absolute atomic E-state index is 11.0. The number of benzene rings is 3. The predicted octanol–water partition coefficient (Wildman–Crippen LogP) is 5.00. The van der Waals surface area contributed by atoms with Crippen molar-refractivity contribution in [2.45, 2.75) is 45.4 Å². The summed E-state index contributed by atoms with van der Waals surface area (Å²) >= 11 is 0. The molecule has 1 fully saturated rings. The van der Waals surface area contributed by atoms with Crippen LogP contribution in [-0.4, -0.2) is 42.2 Å². The molecule has 3 aromatic carbocycles. The first-order chi connectivity index (χ1) is 17.6. The van der Waals surface area contributed by atoms with E-state index in [0.29, 0.717) is 39.5 Å². The summed E-state index contributed by atoms with van der Waals surface area (Å²) in [6.07, 6.45) is -0.488. The van der Waals surface area contributed by atoms with Crippen LogP contribution < -0.4 is 0 Å². The van der Waals surface area contributed by atoms with Crippen molar-refractivity contribution in [1.82, 2.24) is 0 Å². The Morgan fingerprint density at radius 3 is 1.78 bits per heavy atom. The molecule has 0 aromatic heterocycles. The van der Waals surface area contributed by atoms with Gasteiger partial charge < -0.3 is 24.4 Å². The van der Waals surface area contributed by atoms with Crippen LogP contribution in [-0.2, 0) is 34.0 Å². The summed E-state index contributed by atoms with van der Waals surface area (Å²) in [5.41, 5.74) is 2.82. The molecule has 5 nitrogen and oxygen atoms in total. The predicted molar refractivity (Wildman–Crippen MR) is 140 cm³/mol. The lowest BCUT2D eigenvalue weighted by atomic mass is 9.60. The highest BCUT2D eigenvalue weighted by Gasteiger charge is 2.52. The fourth-order valence-corrected chi connectivity index (χ4v) is 5.29. The Kier molecular flexibility index (Phi) is 9.67. The van der Waals surface area contributed by atoms with Crippen LogP contribution in [0.15, 0.2) is 91.0 Å². The maximum atomic E-state index is 11.0. The van der Waals surface area contributed by atoms with Crippen LogP contribution >= 0.6 is 0 Å². The zero-order chi connectivity index (χ0) is 25.2. The van der Waals surface area contributed by atoms with Crippen LogP contribution in [0.1, 0.15) is 30.0 Å². The second kappa shape index (κ2) is 13.1. The lowest BCUT2D eigenvalue weighted by molar-refractivity contribution is -0.195. The van der Waals surface area contributed by atoms with Gasteiger partial charge in [0.2, 0.25) is 0 Å². The zero-order valence-corrected chi connectivity index (χ0v) is 21.0. The Morgan fingerprint density at radius 1 is 0.750 bits per heavy atom. The molecule has 192 valence electrons. The Labute approximate surface area is 214 Å². The summed E-state index contributed by atoms with van der Waals surface area (Å²) in [6.45, 7) is 4.29. The van der Waals surface area contributed by atoms with Gasteiger partial charge in [0.15, 0.2) is 0 Å². The van der Waals surface area contributed by atoms with Crippen molar-refractivity contribution in [3.05, 3.63) is 108 Å². The summed E-state index contributed by atoms with van der Waals surface area (Å²) in [6, 6.07) is 30.2. The summed E-state index contributed by atoms with van der Waals surface area (Å²) in [5.74, 6) is -0.464. The van der Waals surface area contributed by atoms with Gasteiger partial charge in [0.1, 0.15) is 0 Å². The first kappa shape index (κ1) is 26.5. The van der Waals surface area contributed by atoms with Gasteiger partial charge in [-0.15, -0.1) is 0 Å². The molecule has 0 bridgehead atoms. The van der Waals surface area contributed by atoms with Crippen molar-refractivity contribution in [2.24, 2.45) is 17.3 Å². The van der Waals surface area contributed by atoms with Crippen LogP contribution in [0.4, 0.5) is 0 Å². The third-order valence-electron chi connectivity index (χ3n) is 7.49. The SMILES string of the molecule is C[C@@]1(COCc2ccccc2)[C@@H](OCc2ccccc2)C[C@@H](O)[C@@H](CO)[C@@H]1COCc1ccccc1. The number of hydrogen-bond acceptors (Lipinski definition) is 5. The maximum Gasteiger partial charge on any atom is 0.0720 e. The van der Waals surface area contributed by atoms with Crippen molar-refractivity contribution in [2.75, 3.05) is 19.8 Å². The van der Waals surface area contributed by atoms with E-state index in [4.69, 9.17) is 14.2 Å². The third kappa shape index (κ3) is 6.81. The van der Waals surface area contributed by atoms with E-state index in [0.717, 1.165) is 16.7 Å². The lowest BCUT2D eigenvalue weighted by Crippen LogP contribution is -2.57. The molecule has 0 heterocycles. The van der Waals surface area contributed by atoms with Gasteiger partial charge in [-0.2, -0.15) is 0 Å². The highest BCUT2D eigenvalue weighted by atomic mass is 16.5. The molecule has 0 spiro atoms. The first-order valence-electron chi connectivity index (χ1n) is 12.8. The molecule has 3 aromatic rings. The van der Waals surface area contributed by atoms with Gasteiger partial charge in [-0.25, -0.2) is 0 Å². The molecule has 5 heteroatoms. The van der Waals surface area contributed by atoms with Crippen LogP contribution in [0.25, 0.3) is 0 Å². The second-order valence-corrected chi connectivity index (χ2v) is 10.0. The Hall–Kier alpha value is -2.54. The average Bonchev–Trinajstić information content (AvgIpc) is 2.91. The summed E-state index contributed by atoms with van der Waals surface area (Å²) < 4.78 is 18.9. The van der Waals surface area contributed by atoms with E-state index in [1.54, 1.807) is 0 Å². The number of rotatable bonds is 12. The molecule has 0 aliphatic heterocycles. The molecule has 1 aliphatic carbocycles. The first-order valence-corrected chi connectivity index (χ1v) is 12.8. The minimum Gasteiger partial charge on any atom is -0.396 e. The smallest absolute Gasteiger partial charge is 0.0720 e. The van der Waals surface area contributed by atoms with E-state index in [1.165, 1.54) is 0 Å². The van der Waals surface area contributed by atoms with Gasteiger partial charge in [-0.1, -0.05) is 97.9 Å². The standard InChI is InChI=1S/C31H38O5/c1-31(23-35-20-25-13-7-3-8-14-25)28(22-34-19-24-11-5-2-6-12-24)27(18-32)29(33)17-30(31)36-21-26-15-9-4-10-16-26/h2-16,27-30,32-33H,17-23H2,1H3/t27-,28-,29+,30-,31-/m0/s1. The second-order valence-electron chi connectivity index (χ2n) is 10.0. The normalized spacial score (nSPS) is 26.1. The summed E-state index contributed by atoms with van der Waals surface area (Å²) in [7, 11) is 0. The van der Waals surface area contributed by atoms with Crippen LogP contribution in [0.2, 0.25) is 0 Å². The molecule has 0 unspecified atom stereocenters. The molecular formula is C31H38O5. The van der Waals surface area contributed by atoms with E-state index in [9.17, 15) is 10.2 Å².